The molecule has 2 nitrogen and oxygen atoms in total. The minimum Gasteiger partial charge on any atom is -0.481 e. The van der Waals surface area contributed by atoms with Crippen LogP contribution in [0.2, 0.25) is 0 Å². The number of carbonyl (C=O) groups is 1. The fourth-order valence-corrected chi connectivity index (χ4v) is 3.71. The van der Waals surface area contributed by atoms with Gasteiger partial charge in [-0.15, -0.1) is 0 Å². The molecule has 1 heterocycles. The number of hydrogen-bond acceptors (Lipinski definition) is 2. The SMILES string of the molecule is O=C(O)C1(C2CCC2)CCSCC1. The van der Waals surface area contributed by atoms with Gasteiger partial charge in [-0.05, 0) is 43.1 Å². The van der Waals surface area contributed by atoms with Gasteiger partial charge in [-0.1, -0.05) is 6.42 Å². The van der Waals surface area contributed by atoms with Gasteiger partial charge in [-0.2, -0.15) is 11.8 Å². The van der Waals surface area contributed by atoms with Crippen LogP contribution in [-0.2, 0) is 4.79 Å². The molecule has 0 unspecified atom stereocenters. The summed E-state index contributed by atoms with van der Waals surface area (Å²) >= 11 is 1.90. The molecule has 0 spiro atoms. The lowest BCUT2D eigenvalue weighted by atomic mass is 9.62. The van der Waals surface area contributed by atoms with Gasteiger partial charge < -0.3 is 5.11 Å². The molecule has 0 bridgehead atoms. The lowest BCUT2D eigenvalue weighted by Crippen LogP contribution is -2.44. The normalized spacial score (nSPS) is 28.0. The number of carboxylic acids is 1. The van der Waals surface area contributed by atoms with Gasteiger partial charge in [-0.3, -0.25) is 4.79 Å². The summed E-state index contributed by atoms with van der Waals surface area (Å²) in [7, 11) is 0. The van der Waals surface area contributed by atoms with E-state index in [-0.39, 0.29) is 5.41 Å². The van der Waals surface area contributed by atoms with E-state index in [2.05, 4.69) is 0 Å². The summed E-state index contributed by atoms with van der Waals surface area (Å²) < 4.78 is 0. The van der Waals surface area contributed by atoms with Crippen LogP contribution in [0.5, 0.6) is 0 Å². The molecule has 2 rings (SSSR count). The molecule has 1 saturated heterocycles. The van der Waals surface area contributed by atoms with Crippen LogP contribution in [0.25, 0.3) is 0 Å². The first kappa shape index (κ1) is 9.38. The van der Waals surface area contributed by atoms with Crippen molar-refractivity contribution < 1.29 is 9.90 Å². The van der Waals surface area contributed by atoms with Crippen molar-refractivity contribution in [2.45, 2.75) is 32.1 Å². The molecule has 0 aromatic rings. The Morgan fingerprint density at radius 3 is 2.31 bits per heavy atom. The fourth-order valence-electron chi connectivity index (χ4n) is 2.49. The van der Waals surface area contributed by atoms with Gasteiger partial charge in [0.1, 0.15) is 0 Å². The van der Waals surface area contributed by atoms with Crippen LogP contribution in [0.3, 0.4) is 0 Å². The second kappa shape index (κ2) is 3.52. The standard InChI is InChI=1S/C10H16O2S/c11-9(12)10(8-2-1-3-8)4-6-13-7-5-10/h8H,1-7H2,(H,11,12). The number of carboxylic acid groups (broad SMARTS) is 1. The zero-order valence-electron chi connectivity index (χ0n) is 7.79. The smallest absolute Gasteiger partial charge is 0.309 e. The maximum Gasteiger partial charge on any atom is 0.309 e. The Kier molecular flexibility index (Phi) is 2.54. The number of thioether (sulfide) groups is 1. The lowest BCUT2D eigenvalue weighted by Gasteiger charge is -2.44. The molecule has 0 atom stereocenters. The Labute approximate surface area is 83.1 Å². The van der Waals surface area contributed by atoms with Crippen molar-refractivity contribution in [1.82, 2.24) is 0 Å². The van der Waals surface area contributed by atoms with Gasteiger partial charge in [0.05, 0.1) is 5.41 Å². The van der Waals surface area contributed by atoms with Crippen LogP contribution in [-0.4, -0.2) is 22.6 Å². The van der Waals surface area contributed by atoms with Crippen LogP contribution in [0, 0.1) is 11.3 Å². The van der Waals surface area contributed by atoms with Gasteiger partial charge in [0, 0.05) is 0 Å². The number of hydrogen-bond donors (Lipinski definition) is 1. The van der Waals surface area contributed by atoms with Crippen molar-refractivity contribution in [3.63, 3.8) is 0 Å². The predicted molar refractivity (Wildman–Crippen MR) is 54.0 cm³/mol. The van der Waals surface area contributed by atoms with E-state index in [0.29, 0.717) is 5.92 Å². The third-order valence-corrected chi connectivity index (χ3v) is 4.68. The Morgan fingerprint density at radius 1 is 1.31 bits per heavy atom. The third-order valence-electron chi connectivity index (χ3n) is 3.70. The molecule has 1 N–H and O–H groups in total. The van der Waals surface area contributed by atoms with Gasteiger partial charge in [-0.25, -0.2) is 0 Å². The zero-order chi connectivity index (χ0) is 9.31. The molecule has 3 heteroatoms. The molecule has 1 aliphatic heterocycles. The highest BCUT2D eigenvalue weighted by molar-refractivity contribution is 7.99. The second-order valence-electron chi connectivity index (χ2n) is 4.20. The van der Waals surface area contributed by atoms with Gasteiger partial charge in [0.25, 0.3) is 0 Å². The molecule has 1 saturated carbocycles. The molecule has 0 aromatic heterocycles. The van der Waals surface area contributed by atoms with E-state index in [9.17, 15) is 9.90 Å². The van der Waals surface area contributed by atoms with Crippen LogP contribution < -0.4 is 0 Å². The highest BCUT2D eigenvalue weighted by Gasteiger charge is 2.48. The van der Waals surface area contributed by atoms with E-state index < -0.39 is 5.97 Å². The van der Waals surface area contributed by atoms with Crippen molar-refractivity contribution in [3.05, 3.63) is 0 Å². The number of rotatable bonds is 2. The second-order valence-corrected chi connectivity index (χ2v) is 5.43. The molecule has 2 fully saturated rings. The topological polar surface area (TPSA) is 37.3 Å². The van der Waals surface area contributed by atoms with Gasteiger partial charge in [0.15, 0.2) is 0 Å². The van der Waals surface area contributed by atoms with E-state index in [1.54, 1.807) is 0 Å². The first-order chi connectivity index (χ1) is 6.26. The quantitative estimate of drug-likeness (QED) is 0.743. The van der Waals surface area contributed by atoms with Crippen molar-refractivity contribution in [2.24, 2.45) is 11.3 Å². The predicted octanol–water partition coefficient (Wildman–Crippen LogP) is 2.38. The Morgan fingerprint density at radius 2 is 1.92 bits per heavy atom. The minimum absolute atomic E-state index is 0.330. The van der Waals surface area contributed by atoms with E-state index in [4.69, 9.17) is 0 Å². The molecular formula is C10H16O2S. The first-order valence-corrected chi connectivity index (χ1v) is 6.22. The molecule has 0 amide bonds. The van der Waals surface area contributed by atoms with Crippen molar-refractivity contribution >= 4 is 17.7 Å². The molecule has 1 aliphatic carbocycles. The molecule has 2 aliphatic rings. The third kappa shape index (κ3) is 1.47. The monoisotopic (exact) mass is 200 g/mol. The average molecular weight is 200 g/mol. The summed E-state index contributed by atoms with van der Waals surface area (Å²) in [5.41, 5.74) is -0.330. The largest absolute Gasteiger partial charge is 0.481 e. The van der Waals surface area contributed by atoms with E-state index in [1.165, 1.54) is 6.42 Å². The average Bonchev–Trinajstić information content (AvgIpc) is 2.02. The maximum absolute atomic E-state index is 11.3. The summed E-state index contributed by atoms with van der Waals surface area (Å²) in [6.07, 6.45) is 5.34. The lowest BCUT2D eigenvalue weighted by molar-refractivity contribution is -0.156. The van der Waals surface area contributed by atoms with Gasteiger partial charge in [0.2, 0.25) is 0 Å². The van der Waals surface area contributed by atoms with Crippen molar-refractivity contribution in [3.8, 4) is 0 Å². The van der Waals surface area contributed by atoms with Crippen molar-refractivity contribution in [1.29, 1.82) is 0 Å². The Hall–Kier alpha value is -0.180. The Bertz CT molecular complexity index is 205. The van der Waals surface area contributed by atoms with E-state index in [0.717, 1.165) is 37.2 Å². The number of aliphatic carboxylic acids is 1. The molecule has 13 heavy (non-hydrogen) atoms. The van der Waals surface area contributed by atoms with Gasteiger partial charge >= 0.3 is 5.97 Å². The molecule has 74 valence electrons. The molecule has 0 radical (unpaired) electrons. The zero-order valence-corrected chi connectivity index (χ0v) is 8.61. The summed E-state index contributed by atoms with van der Waals surface area (Å²) in [5.74, 6) is 2.05. The molecular weight excluding hydrogens is 184 g/mol. The van der Waals surface area contributed by atoms with Crippen LogP contribution >= 0.6 is 11.8 Å². The van der Waals surface area contributed by atoms with Crippen LogP contribution in [0.1, 0.15) is 32.1 Å². The highest BCUT2D eigenvalue weighted by Crippen LogP contribution is 2.49. The maximum atomic E-state index is 11.3. The minimum atomic E-state index is -0.530. The molecule has 0 aromatic carbocycles. The summed E-state index contributed by atoms with van der Waals surface area (Å²) in [6, 6.07) is 0. The first-order valence-electron chi connectivity index (χ1n) is 5.07. The highest BCUT2D eigenvalue weighted by atomic mass is 32.2. The van der Waals surface area contributed by atoms with Crippen LogP contribution in [0.15, 0.2) is 0 Å². The van der Waals surface area contributed by atoms with Crippen molar-refractivity contribution in [2.75, 3.05) is 11.5 Å². The fraction of sp³-hybridized carbons (Fsp3) is 0.900. The summed E-state index contributed by atoms with van der Waals surface area (Å²) in [6.45, 7) is 0. The van der Waals surface area contributed by atoms with Crippen LogP contribution in [0.4, 0.5) is 0 Å². The Balaban J connectivity index is 2.12. The van der Waals surface area contributed by atoms with E-state index in [1.807, 2.05) is 11.8 Å². The van der Waals surface area contributed by atoms with E-state index >= 15 is 0 Å². The summed E-state index contributed by atoms with van der Waals surface area (Å²) in [4.78, 5) is 11.3. The summed E-state index contributed by atoms with van der Waals surface area (Å²) in [5, 5.41) is 9.31.